The molecule has 1 aromatic carbocycles. The highest BCUT2D eigenvalue weighted by atomic mass is 127. The summed E-state index contributed by atoms with van der Waals surface area (Å²) in [5.41, 5.74) is 0.263. The maximum atomic E-state index is 12.3. The lowest BCUT2D eigenvalue weighted by molar-refractivity contribution is 0.0522. The zero-order valence-electron chi connectivity index (χ0n) is 12.8. The minimum absolute atomic E-state index is 0.357. The van der Waals surface area contributed by atoms with Gasteiger partial charge in [-0.05, 0) is 62.4 Å². The third kappa shape index (κ3) is 3.32. The number of nitriles is 1. The van der Waals surface area contributed by atoms with Gasteiger partial charge < -0.3 is 9.47 Å². The molecule has 1 aromatic heterocycles. The highest BCUT2D eigenvalue weighted by molar-refractivity contribution is 14.1. The van der Waals surface area contributed by atoms with Gasteiger partial charge in [0.15, 0.2) is 0 Å². The summed E-state index contributed by atoms with van der Waals surface area (Å²) in [4.78, 5) is 12.3. The highest BCUT2D eigenvalue weighted by Crippen LogP contribution is 2.29. The molecule has 0 saturated heterocycles. The molecule has 0 amide bonds. The molecule has 0 aliphatic carbocycles. The normalized spacial score (nSPS) is 11.3. The van der Waals surface area contributed by atoms with Crippen molar-refractivity contribution in [2.45, 2.75) is 33.3 Å². The number of fused-ring (bicyclic) bond motifs is 1. The van der Waals surface area contributed by atoms with E-state index in [1.54, 1.807) is 32.9 Å². The molecule has 0 bridgehead atoms. The fourth-order valence-electron chi connectivity index (χ4n) is 1.91. The smallest absolute Gasteiger partial charge is 0.435 e. The molecule has 7 heteroatoms. The van der Waals surface area contributed by atoms with Crippen LogP contribution in [0.15, 0.2) is 12.1 Å². The van der Waals surface area contributed by atoms with Crippen LogP contribution in [0.3, 0.4) is 0 Å². The summed E-state index contributed by atoms with van der Waals surface area (Å²) in [5, 5.41) is 14.2. The molecule has 0 N–H and O–H groups in total. The predicted molar refractivity (Wildman–Crippen MR) is 90.0 cm³/mol. The standard InChI is InChI=1S/C15H16IN3O3/c1-5-21-12-7-10-11(6-9(12)8-17)19(18-13(10)16)14(20)22-15(2,3)4/h6-7H,5H2,1-4H3. The van der Waals surface area contributed by atoms with E-state index in [0.29, 0.717) is 27.1 Å². The van der Waals surface area contributed by atoms with Crippen LogP contribution in [0, 0.1) is 15.0 Å². The molecule has 0 unspecified atom stereocenters. The Morgan fingerprint density at radius 1 is 1.45 bits per heavy atom. The molecule has 0 aliphatic rings. The monoisotopic (exact) mass is 413 g/mol. The number of hydrogen-bond acceptors (Lipinski definition) is 5. The Morgan fingerprint density at radius 2 is 2.14 bits per heavy atom. The van der Waals surface area contributed by atoms with Crippen molar-refractivity contribution in [1.29, 1.82) is 5.26 Å². The highest BCUT2D eigenvalue weighted by Gasteiger charge is 2.22. The number of aromatic nitrogens is 2. The van der Waals surface area contributed by atoms with Crippen molar-refractivity contribution in [2.75, 3.05) is 6.61 Å². The van der Waals surface area contributed by atoms with Gasteiger partial charge in [-0.25, -0.2) is 4.79 Å². The Morgan fingerprint density at radius 3 is 2.68 bits per heavy atom. The number of carbonyl (C=O) groups is 1. The van der Waals surface area contributed by atoms with E-state index in [4.69, 9.17) is 9.47 Å². The number of benzene rings is 1. The molecular weight excluding hydrogens is 397 g/mol. The summed E-state index contributed by atoms with van der Waals surface area (Å²) in [6, 6.07) is 5.40. The van der Waals surface area contributed by atoms with Gasteiger partial charge in [0, 0.05) is 5.39 Å². The number of halogens is 1. The van der Waals surface area contributed by atoms with E-state index in [1.165, 1.54) is 4.68 Å². The summed E-state index contributed by atoms with van der Waals surface area (Å²) in [6.07, 6.45) is -0.575. The van der Waals surface area contributed by atoms with Crippen LogP contribution in [-0.4, -0.2) is 28.1 Å². The molecule has 2 aromatic rings. The Hall–Kier alpha value is -1.82. The zero-order valence-corrected chi connectivity index (χ0v) is 15.0. The average Bonchev–Trinajstić information content (AvgIpc) is 2.73. The second-order valence-corrected chi connectivity index (χ2v) is 6.62. The number of nitrogens with zero attached hydrogens (tertiary/aromatic N) is 3. The minimum Gasteiger partial charge on any atom is -0.492 e. The van der Waals surface area contributed by atoms with Gasteiger partial charge in [-0.2, -0.15) is 15.0 Å². The van der Waals surface area contributed by atoms with Gasteiger partial charge in [0.05, 0.1) is 17.7 Å². The van der Waals surface area contributed by atoms with E-state index < -0.39 is 11.7 Å². The molecule has 116 valence electrons. The lowest BCUT2D eigenvalue weighted by Crippen LogP contribution is -2.27. The van der Waals surface area contributed by atoms with Crippen molar-refractivity contribution in [1.82, 2.24) is 9.78 Å². The molecule has 0 aliphatic heterocycles. The van der Waals surface area contributed by atoms with E-state index in [2.05, 4.69) is 11.2 Å². The summed E-state index contributed by atoms with van der Waals surface area (Å²) in [7, 11) is 0. The number of hydrogen-bond donors (Lipinski definition) is 0. The lowest BCUT2D eigenvalue weighted by atomic mass is 10.1. The van der Waals surface area contributed by atoms with Gasteiger partial charge in [-0.15, -0.1) is 0 Å². The lowest BCUT2D eigenvalue weighted by Gasteiger charge is -2.19. The van der Waals surface area contributed by atoms with Crippen LogP contribution in [0.25, 0.3) is 10.9 Å². The van der Waals surface area contributed by atoms with Crippen LogP contribution in [0.1, 0.15) is 33.3 Å². The van der Waals surface area contributed by atoms with Crippen LogP contribution in [0.5, 0.6) is 5.75 Å². The molecule has 0 atom stereocenters. The summed E-state index contributed by atoms with van der Waals surface area (Å²) < 4.78 is 12.6. The van der Waals surface area contributed by atoms with Crippen LogP contribution in [0.2, 0.25) is 0 Å². The SMILES string of the molecule is CCOc1cc2c(I)nn(C(=O)OC(C)(C)C)c2cc1C#N. The first-order chi connectivity index (χ1) is 10.3. The van der Waals surface area contributed by atoms with E-state index in [1.807, 2.05) is 29.5 Å². The van der Waals surface area contributed by atoms with Crippen molar-refractivity contribution in [3.05, 3.63) is 21.4 Å². The molecule has 1 heterocycles. The summed E-state index contributed by atoms with van der Waals surface area (Å²) in [6.45, 7) is 7.66. The van der Waals surface area contributed by atoms with Crippen LogP contribution >= 0.6 is 22.6 Å². The quantitative estimate of drug-likeness (QED) is 0.702. The maximum absolute atomic E-state index is 12.3. The molecule has 6 nitrogen and oxygen atoms in total. The van der Waals surface area contributed by atoms with E-state index >= 15 is 0 Å². The van der Waals surface area contributed by atoms with Crippen molar-refractivity contribution >= 4 is 39.6 Å². The number of rotatable bonds is 2. The van der Waals surface area contributed by atoms with Gasteiger partial charge in [-0.1, -0.05) is 0 Å². The van der Waals surface area contributed by atoms with E-state index in [9.17, 15) is 10.1 Å². The second kappa shape index (κ2) is 6.12. The van der Waals surface area contributed by atoms with Crippen LogP contribution in [-0.2, 0) is 4.74 Å². The van der Waals surface area contributed by atoms with Gasteiger partial charge in [0.2, 0.25) is 0 Å². The van der Waals surface area contributed by atoms with E-state index in [-0.39, 0.29) is 0 Å². The Bertz CT molecular complexity index is 769. The van der Waals surface area contributed by atoms with Gasteiger partial charge in [-0.3, -0.25) is 0 Å². The molecule has 0 spiro atoms. The van der Waals surface area contributed by atoms with Crippen LogP contribution in [0.4, 0.5) is 4.79 Å². The maximum Gasteiger partial charge on any atom is 0.435 e. The first kappa shape index (κ1) is 16.5. The molecule has 0 saturated carbocycles. The van der Waals surface area contributed by atoms with Crippen molar-refractivity contribution in [3.8, 4) is 11.8 Å². The van der Waals surface area contributed by atoms with Gasteiger partial charge in [0.25, 0.3) is 0 Å². The number of ether oxygens (including phenoxy) is 2. The number of carbonyl (C=O) groups excluding carboxylic acids is 1. The summed E-state index contributed by atoms with van der Waals surface area (Å²) >= 11 is 2.04. The van der Waals surface area contributed by atoms with Gasteiger partial charge in [0.1, 0.15) is 21.1 Å². The second-order valence-electron chi connectivity index (χ2n) is 5.59. The first-order valence-corrected chi connectivity index (χ1v) is 7.83. The minimum atomic E-state index is -0.621. The fourth-order valence-corrected chi connectivity index (χ4v) is 2.56. The largest absolute Gasteiger partial charge is 0.492 e. The predicted octanol–water partition coefficient (Wildman–Crippen LogP) is 3.69. The molecule has 0 radical (unpaired) electrons. The van der Waals surface area contributed by atoms with E-state index in [0.717, 1.165) is 5.39 Å². The zero-order chi connectivity index (χ0) is 16.5. The third-order valence-corrected chi connectivity index (χ3v) is 3.52. The Balaban J connectivity index is 2.59. The topological polar surface area (TPSA) is 77.1 Å². The third-order valence-electron chi connectivity index (χ3n) is 2.72. The molecule has 22 heavy (non-hydrogen) atoms. The molecular formula is C15H16IN3O3. The van der Waals surface area contributed by atoms with Crippen molar-refractivity contribution in [3.63, 3.8) is 0 Å². The van der Waals surface area contributed by atoms with Crippen molar-refractivity contribution in [2.24, 2.45) is 0 Å². The fraction of sp³-hybridized carbons (Fsp3) is 0.400. The molecule has 2 rings (SSSR count). The average molecular weight is 413 g/mol. The first-order valence-electron chi connectivity index (χ1n) is 6.75. The van der Waals surface area contributed by atoms with Crippen molar-refractivity contribution < 1.29 is 14.3 Å². The Labute approximate surface area is 142 Å². The van der Waals surface area contributed by atoms with Crippen LogP contribution < -0.4 is 4.74 Å². The Kier molecular flexibility index (Phi) is 4.60. The summed E-state index contributed by atoms with van der Waals surface area (Å²) in [5.74, 6) is 0.485. The van der Waals surface area contributed by atoms with Gasteiger partial charge >= 0.3 is 6.09 Å². The molecule has 0 fully saturated rings.